The largest absolute Gasteiger partial charge is 0.497 e. The third-order valence-electron chi connectivity index (χ3n) is 2.93. The second kappa shape index (κ2) is 10.5. The summed E-state index contributed by atoms with van der Waals surface area (Å²) in [5, 5.41) is 5.35. The fourth-order valence-corrected chi connectivity index (χ4v) is 1.71. The normalized spacial score (nSPS) is 9.91. The van der Waals surface area contributed by atoms with E-state index in [2.05, 4.69) is 10.6 Å². The van der Waals surface area contributed by atoms with Crippen LogP contribution in [0.15, 0.2) is 24.3 Å². The summed E-state index contributed by atoms with van der Waals surface area (Å²) in [5.74, 6) is 0.913. The maximum absolute atomic E-state index is 11.5. The highest BCUT2D eigenvalue weighted by atomic mass is 16.5. The van der Waals surface area contributed by atoms with Crippen molar-refractivity contribution in [3.63, 3.8) is 0 Å². The Kier molecular flexibility index (Phi) is 8.49. The zero-order chi connectivity index (χ0) is 16.2. The lowest BCUT2D eigenvalue weighted by Crippen LogP contribution is -2.34. The Morgan fingerprint density at radius 3 is 2.18 bits per heavy atom. The predicted molar refractivity (Wildman–Crippen MR) is 84.0 cm³/mol. The molecule has 0 aliphatic rings. The van der Waals surface area contributed by atoms with E-state index in [1.54, 1.807) is 31.4 Å². The van der Waals surface area contributed by atoms with Gasteiger partial charge in [-0.05, 0) is 30.7 Å². The van der Waals surface area contributed by atoms with Gasteiger partial charge in [0, 0.05) is 6.54 Å². The van der Waals surface area contributed by atoms with Gasteiger partial charge in [-0.1, -0.05) is 13.3 Å². The molecule has 6 heteroatoms. The molecule has 122 valence electrons. The number of amides is 2. The minimum absolute atomic E-state index is 0.147. The van der Waals surface area contributed by atoms with Gasteiger partial charge in [0.15, 0.2) is 0 Å². The number of carbonyl (C=O) groups is 2. The lowest BCUT2D eigenvalue weighted by Gasteiger charge is -2.08. The first-order valence-electron chi connectivity index (χ1n) is 7.46. The number of hydrogen-bond acceptors (Lipinski definition) is 4. The SMILES string of the molecule is CCCCNC(=O)CC(=O)NCCOc1ccc(OC)cc1. The summed E-state index contributed by atoms with van der Waals surface area (Å²) in [6.07, 6.45) is 1.78. The van der Waals surface area contributed by atoms with Gasteiger partial charge in [-0.15, -0.1) is 0 Å². The summed E-state index contributed by atoms with van der Waals surface area (Å²) in [7, 11) is 1.60. The van der Waals surface area contributed by atoms with Gasteiger partial charge < -0.3 is 20.1 Å². The number of hydrogen-bond donors (Lipinski definition) is 2. The molecule has 0 aliphatic heterocycles. The van der Waals surface area contributed by atoms with E-state index in [0.29, 0.717) is 25.4 Å². The number of rotatable bonds is 10. The summed E-state index contributed by atoms with van der Waals surface area (Å²) in [6, 6.07) is 7.19. The summed E-state index contributed by atoms with van der Waals surface area (Å²) in [4.78, 5) is 23.0. The van der Waals surface area contributed by atoms with E-state index in [9.17, 15) is 9.59 Å². The molecule has 0 bridgehead atoms. The second-order valence-electron chi connectivity index (χ2n) is 4.75. The van der Waals surface area contributed by atoms with Crippen LogP contribution in [0.25, 0.3) is 0 Å². The Labute approximate surface area is 131 Å². The molecular formula is C16H24N2O4. The van der Waals surface area contributed by atoms with E-state index in [1.165, 1.54) is 0 Å². The van der Waals surface area contributed by atoms with Crippen molar-refractivity contribution in [3.05, 3.63) is 24.3 Å². The van der Waals surface area contributed by atoms with Crippen molar-refractivity contribution in [2.75, 3.05) is 26.8 Å². The number of ether oxygens (including phenoxy) is 2. The molecule has 0 radical (unpaired) electrons. The van der Waals surface area contributed by atoms with Crippen LogP contribution >= 0.6 is 0 Å². The average Bonchev–Trinajstić information content (AvgIpc) is 2.52. The highest BCUT2D eigenvalue weighted by molar-refractivity contribution is 5.96. The number of benzene rings is 1. The molecule has 0 aliphatic carbocycles. The first-order chi connectivity index (χ1) is 10.7. The lowest BCUT2D eigenvalue weighted by molar-refractivity contribution is -0.129. The van der Waals surface area contributed by atoms with Crippen molar-refractivity contribution < 1.29 is 19.1 Å². The molecule has 0 saturated carbocycles. The van der Waals surface area contributed by atoms with Gasteiger partial charge in [0.05, 0.1) is 13.7 Å². The van der Waals surface area contributed by atoms with Gasteiger partial charge in [0.2, 0.25) is 11.8 Å². The van der Waals surface area contributed by atoms with Gasteiger partial charge >= 0.3 is 0 Å². The minimum atomic E-state index is -0.299. The van der Waals surface area contributed by atoms with Crippen LogP contribution in [0.1, 0.15) is 26.2 Å². The van der Waals surface area contributed by atoms with E-state index in [1.807, 2.05) is 6.92 Å². The molecule has 0 heterocycles. The van der Waals surface area contributed by atoms with Crippen molar-refractivity contribution in [1.29, 1.82) is 0 Å². The Morgan fingerprint density at radius 1 is 1.00 bits per heavy atom. The van der Waals surface area contributed by atoms with Crippen LogP contribution in [0, 0.1) is 0 Å². The molecule has 0 unspecified atom stereocenters. The molecule has 1 aromatic carbocycles. The summed E-state index contributed by atoms with van der Waals surface area (Å²) in [6.45, 7) is 3.35. The van der Waals surface area contributed by atoms with Crippen molar-refractivity contribution in [2.24, 2.45) is 0 Å². The van der Waals surface area contributed by atoms with Crippen LogP contribution in [0.4, 0.5) is 0 Å². The topological polar surface area (TPSA) is 76.7 Å². The highest BCUT2D eigenvalue weighted by Crippen LogP contribution is 2.16. The first kappa shape index (κ1) is 17.8. The quantitative estimate of drug-likeness (QED) is 0.507. The third-order valence-corrected chi connectivity index (χ3v) is 2.93. The Hall–Kier alpha value is -2.24. The minimum Gasteiger partial charge on any atom is -0.497 e. The molecule has 0 saturated heterocycles. The lowest BCUT2D eigenvalue weighted by atomic mass is 10.3. The van der Waals surface area contributed by atoms with Gasteiger partial charge in [-0.3, -0.25) is 9.59 Å². The highest BCUT2D eigenvalue weighted by Gasteiger charge is 2.07. The van der Waals surface area contributed by atoms with Crippen LogP contribution in [-0.2, 0) is 9.59 Å². The van der Waals surface area contributed by atoms with Gasteiger partial charge in [0.25, 0.3) is 0 Å². The number of methoxy groups -OCH3 is 1. The zero-order valence-corrected chi connectivity index (χ0v) is 13.2. The van der Waals surface area contributed by atoms with Crippen LogP contribution in [0.5, 0.6) is 11.5 Å². The van der Waals surface area contributed by atoms with E-state index in [4.69, 9.17) is 9.47 Å². The van der Waals surface area contributed by atoms with Crippen molar-refractivity contribution in [2.45, 2.75) is 26.2 Å². The molecule has 0 fully saturated rings. The number of nitrogens with one attached hydrogen (secondary N) is 2. The van der Waals surface area contributed by atoms with Gasteiger partial charge in [-0.2, -0.15) is 0 Å². The van der Waals surface area contributed by atoms with Crippen molar-refractivity contribution in [1.82, 2.24) is 10.6 Å². The van der Waals surface area contributed by atoms with Gasteiger partial charge in [-0.25, -0.2) is 0 Å². The molecule has 1 aromatic rings. The van der Waals surface area contributed by atoms with Crippen molar-refractivity contribution >= 4 is 11.8 Å². The monoisotopic (exact) mass is 308 g/mol. The average molecular weight is 308 g/mol. The Morgan fingerprint density at radius 2 is 1.59 bits per heavy atom. The van der Waals surface area contributed by atoms with Crippen molar-refractivity contribution in [3.8, 4) is 11.5 Å². The molecule has 22 heavy (non-hydrogen) atoms. The zero-order valence-electron chi connectivity index (χ0n) is 13.2. The maximum atomic E-state index is 11.5. The summed E-state index contributed by atoms with van der Waals surface area (Å²) >= 11 is 0. The maximum Gasteiger partial charge on any atom is 0.229 e. The molecule has 0 atom stereocenters. The second-order valence-corrected chi connectivity index (χ2v) is 4.75. The van der Waals surface area contributed by atoms with E-state index < -0.39 is 0 Å². The third kappa shape index (κ3) is 7.52. The molecule has 2 amide bonds. The molecule has 6 nitrogen and oxygen atoms in total. The van der Waals surface area contributed by atoms with Crippen LogP contribution < -0.4 is 20.1 Å². The molecule has 0 spiro atoms. The number of unbranched alkanes of at least 4 members (excludes halogenated alkanes) is 1. The van der Waals surface area contributed by atoms with Crippen LogP contribution in [0.2, 0.25) is 0 Å². The number of carbonyl (C=O) groups excluding carboxylic acids is 2. The fraction of sp³-hybridized carbons (Fsp3) is 0.500. The summed E-state index contributed by atoms with van der Waals surface area (Å²) in [5.41, 5.74) is 0. The molecule has 1 rings (SSSR count). The van der Waals surface area contributed by atoms with Gasteiger partial charge in [0.1, 0.15) is 24.5 Å². The van der Waals surface area contributed by atoms with Crippen LogP contribution in [-0.4, -0.2) is 38.6 Å². The Balaban J connectivity index is 2.12. The molecular weight excluding hydrogens is 284 g/mol. The molecule has 0 aromatic heterocycles. The van der Waals surface area contributed by atoms with E-state index in [-0.39, 0.29) is 18.2 Å². The summed E-state index contributed by atoms with van der Waals surface area (Å²) < 4.78 is 10.5. The van der Waals surface area contributed by atoms with E-state index in [0.717, 1.165) is 18.6 Å². The fourth-order valence-electron chi connectivity index (χ4n) is 1.71. The smallest absolute Gasteiger partial charge is 0.229 e. The Bertz CT molecular complexity index is 460. The van der Waals surface area contributed by atoms with E-state index >= 15 is 0 Å². The first-order valence-corrected chi connectivity index (χ1v) is 7.46. The standard InChI is InChI=1S/C16H24N2O4/c1-3-4-9-17-15(19)12-16(20)18-10-11-22-14-7-5-13(21-2)6-8-14/h5-8H,3-4,9-12H2,1-2H3,(H,17,19)(H,18,20). The predicted octanol–water partition coefficient (Wildman–Crippen LogP) is 1.50. The molecule has 2 N–H and O–H groups in total. The van der Waals surface area contributed by atoms with Crippen LogP contribution in [0.3, 0.4) is 0 Å².